The minimum Gasteiger partial charge on any atom is -0.496 e. The molecule has 3 heterocycles. The van der Waals surface area contributed by atoms with Crippen LogP contribution in [0.4, 0.5) is 5.82 Å². The van der Waals surface area contributed by atoms with E-state index in [1.807, 2.05) is 36.1 Å². The van der Waals surface area contributed by atoms with E-state index < -0.39 is 0 Å². The summed E-state index contributed by atoms with van der Waals surface area (Å²) in [6.07, 6.45) is 3.72. The lowest BCUT2D eigenvalue weighted by Crippen LogP contribution is -2.27. The average molecular weight is 382 g/mol. The van der Waals surface area contributed by atoms with Crippen molar-refractivity contribution in [1.29, 1.82) is 0 Å². The van der Waals surface area contributed by atoms with E-state index in [1.165, 1.54) is 11.3 Å². The molecule has 1 amide bonds. The van der Waals surface area contributed by atoms with Gasteiger partial charge in [-0.25, -0.2) is 9.97 Å². The van der Waals surface area contributed by atoms with Crippen LogP contribution in [0.1, 0.15) is 33.6 Å². The van der Waals surface area contributed by atoms with E-state index in [-0.39, 0.29) is 5.91 Å². The summed E-state index contributed by atoms with van der Waals surface area (Å²) in [7, 11) is 1.67. The number of nitrogens with zero attached hydrogens (tertiary/aromatic N) is 3. The highest BCUT2D eigenvalue weighted by Gasteiger charge is 2.25. The average Bonchev–Trinajstić information content (AvgIpc) is 3.35. The molecule has 0 bridgehead atoms. The summed E-state index contributed by atoms with van der Waals surface area (Å²) in [4.78, 5) is 25.2. The molecule has 7 heteroatoms. The second kappa shape index (κ2) is 7.52. The fourth-order valence-electron chi connectivity index (χ4n) is 3.50. The zero-order valence-electron chi connectivity index (χ0n) is 15.5. The van der Waals surface area contributed by atoms with Crippen molar-refractivity contribution in [3.63, 3.8) is 0 Å². The molecule has 1 aliphatic heterocycles. The van der Waals surface area contributed by atoms with E-state index in [2.05, 4.69) is 15.3 Å². The Bertz CT molecular complexity index is 979. The number of aryl methyl sites for hydroxylation is 1. The maximum absolute atomic E-state index is 12.9. The van der Waals surface area contributed by atoms with Crippen LogP contribution in [0, 0.1) is 6.92 Å². The van der Waals surface area contributed by atoms with Gasteiger partial charge in [-0.05, 0) is 31.4 Å². The zero-order chi connectivity index (χ0) is 18.8. The molecule has 140 valence electrons. The van der Waals surface area contributed by atoms with Gasteiger partial charge in [0.2, 0.25) is 0 Å². The Morgan fingerprint density at radius 3 is 2.81 bits per heavy atom. The molecule has 6 nitrogen and oxygen atoms in total. The van der Waals surface area contributed by atoms with Crippen molar-refractivity contribution in [3.8, 4) is 5.75 Å². The van der Waals surface area contributed by atoms with Crippen molar-refractivity contribution in [1.82, 2.24) is 14.9 Å². The van der Waals surface area contributed by atoms with Crippen molar-refractivity contribution in [2.24, 2.45) is 0 Å². The quantitative estimate of drug-likeness (QED) is 0.726. The molecule has 1 aliphatic rings. The molecule has 1 saturated heterocycles. The minimum absolute atomic E-state index is 0.115. The number of rotatable bonds is 5. The highest BCUT2D eigenvalue weighted by molar-refractivity contribution is 7.20. The fourth-order valence-corrected chi connectivity index (χ4v) is 4.62. The van der Waals surface area contributed by atoms with Crippen LogP contribution in [0.2, 0.25) is 0 Å². The SMILES string of the molecule is COc1ccccc1CNc1ncnc2sc(C(=O)N3CCCC3)c(C)c12. The number of carbonyl (C=O) groups excluding carboxylic acids is 1. The fraction of sp³-hybridized carbons (Fsp3) is 0.350. The molecule has 0 saturated carbocycles. The van der Waals surface area contributed by atoms with Crippen molar-refractivity contribution in [3.05, 3.63) is 46.6 Å². The van der Waals surface area contributed by atoms with Gasteiger partial charge in [-0.2, -0.15) is 0 Å². The van der Waals surface area contributed by atoms with Crippen LogP contribution in [0.3, 0.4) is 0 Å². The van der Waals surface area contributed by atoms with Gasteiger partial charge in [0.25, 0.3) is 5.91 Å². The topological polar surface area (TPSA) is 67.3 Å². The lowest BCUT2D eigenvalue weighted by atomic mass is 10.1. The molecule has 4 rings (SSSR count). The van der Waals surface area contributed by atoms with Gasteiger partial charge in [-0.1, -0.05) is 18.2 Å². The van der Waals surface area contributed by atoms with E-state index in [9.17, 15) is 4.79 Å². The summed E-state index contributed by atoms with van der Waals surface area (Å²) in [5, 5.41) is 4.32. The van der Waals surface area contributed by atoms with Gasteiger partial charge in [0, 0.05) is 25.2 Å². The predicted molar refractivity (Wildman–Crippen MR) is 108 cm³/mol. The number of carbonyl (C=O) groups is 1. The molecule has 0 radical (unpaired) electrons. The van der Waals surface area contributed by atoms with E-state index in [0.717, 1.165) is 63.7 Å². The van der Waals surface area contributed by atoms with Gasteiger partial charge in [-0.3, -0.25) is 4.79 Å². The molecule has 0 unspecified atom stereocenters. The number of likely N-dealkylation sites (tertiary alicyclic amines) is 1. The van der Waals surface area contributed by atoms with Crippen molar-refractivity contribution >= 4 is 33.3 Å². The van der Waals surface area contributed by atoms with Crippen LogP contribution in [0.25, 0.3) is 10.2 Å². The van der Waals surface area contributed by atoms with Crippen molar-refractivity contribution in [2.75, 3.05) is 25.5 Å². The first-order chi connectivity index (χ1) is 13.2. The molecule has 27 heavy (non-hydrogen) atoms. The number of benzene rings is 1. The summed E-state index contributed by atoms with van der Waals surface area (Å²) < 4.78 is 5.42. The van der Waals surface area contributed by atoms with E-state index in [0.29, 0.717) is 6.54 Å². The summed E-state index contributed by atoms with van der Waals surface area (Å²) >= 11 is 1.46. The summed E-state index contributed by atoms with van der Waals surface area (Å²) in [6, 6.07) is 7.89. The number of aromatic nitrogens is 2. The predicted octanol–water partition coefficient (Wildman–Crippen LogP) is 3.86. The largest absolute Gasteiger partial charge is 0.496 e. The number of nitrogens with one attached hydrogen (secondary N) is 1. The maximum atomic E-state index is 12.9. The van der Waals surface area contributed by atoms with Gasteiger partial charge >= 0.3 is 0 Å². The first kappa shape index (κ1) is 17.7. The second-order valence-corrected chi connectivity index (χ2v) is 7.62. The van der Waals surface area contributed by atoms with Crippen LogP contribution < -0.4 is 10.1 Å². The van der Waals surface area contributed by atoms with E-state index >= 15 is 0 Å². The van der Waals surface area contributed by atoms with Gasteiger partial charge in [-0.15, -0.1) is 11.3 Å². The molecular weight excluding hydrogens is 360 g/mol. The standard InChI is InChI=1S/C20H22N4O2S/c1-13-16-18(21-11-14-7-3-4-8-15(14)26-2)22-12-23-19(16)27-17(13)20(25)24-9-5-6-10-24/h3-4,7-8,12H,5-6,9-11H2,1-2H3,(H,21,22,23). The van der Waals surface area contributed by atoms with Crippen molar-refractivity contribution < 1.29 is 9.53 Å². The number of fused-ring (bicyclic) bond motifs is 1. The molecule has 1 aromatic carbocycles. The molecule has 0 atom stereocenters. The Hall–Kier alpha value is -2.67. The van der Waals surface area contributed by atoms with Crippen LogP contribution >= 0.6 is 11.3 Å². The molecule has 0 spiro atoms. The summed E-state index contributed by atoms with van der Waals surface area (Å²) in [5.41, 5.74) is 2.00. The summed E-state index contributed by atoms with van der Waals surface area (Å²) in [5.74, 6) is 1.70. The number of amides is 1. The third kappa shape index (κ3) is 3.35. The van der Waals surface area contributed by atoms with Crippen molar-refractivity contribution in [2.45, 2.75) is 26.3 Å². The smallest absolute Gasteiger partial charge is 0.264 e. The van der Waals surface area contributed by atoms with Crippen LogP contribution in [-0.2, 0) is 6.54 Å². The molecule has 2 aromatic heterocycles. The lowest BCUT2D eigenvalue weighted by molar-refractivity contribution is 0.0797. The number of thiophene rings is 1. The number of anilines is 1. The molecule has 3 aromatic rings. The highest BCUT2D eigenvalue weighted by Crippen LogP contribution is 2.34. The second-order valence-electron chi connectivity index (χ2n) is 6.62. The van der Waals surface area contributed by atoms with Gasteiger partial charge in [0.05, 0.1) is 17.4 Å². The number of hydrogen-bond acceptors (Lipinski definition) is 6. The Balaban J connectivity index is 1.64. The Labute approximate surface area is 162 Å². The summed E-state index contributed by atoms with van der Waals surface area (Å²) in [6.45, 7) is 4.26. The van der Waals surface area contributed by atoms with Gasteiger partial charge < -0.3 is 15.0 Å². The number of hydrogen-bond donors (Lipinski definition) is 1. The third-order valence-corrected chi connectivity index (χ3v) is 6.14. The lowest BCUT2D eigenvalue weighted by Gasteiger charge is -2.14. The Kier molecular flexibility index (Phi) is 4.94. The Morgan fingerprint density at radius 2 is 2.04 bits per heavy atom. The zero-order valence-corrected chi connectivity index (χ0v) is 16.3. The Morgan fingerprint density at radius 1 is 1.26 bits per heavy atom. The number of methoxy groups -OCH3 is 1. The third-order valence-electron chi connectivity index (χ3n) is 4.95. The first-order valence-corrected chi connectivity index (χ1v) is 9.90. The highest BCUT2D eigenvalue weighted by atomic mass is 32.1. The van der Waals surface area contributed by atoms with Crippen LogP contribution in [0.15, 0.2) is 30.6 Å². The first-order valence-electron chi connectivity index (χ1n) is 9.08. The molecule has 0 aliphatic carbocycles. The number of para-hydroxylation sites is 1. The maximum Gasteiger partial charge on any atom is 0.264 e. The molecular formula is C20H22N4O2S. The van der Waals surface area contributed by atoms with E-state index in [1.54, 1.807) is 13.4 Å². The van der Waals surface area contributed by atoms with Crippen LogP contribution in [0.5, 0.6) is 5.75 Å². The van der Waals surface area contributed by atoms with Gasteiger partial charge in [0.1, 0.15) is 22.7 Å². The normalized spacial score (nSPS) is 13.9. The van der Waals surface area contributed by atoms with Gasteiger partial charge in [0.15, 0.2) is 0 Å². The minimum atomic E-state index is 0.115. The molecule has 1 fully saturated rings. The number of ether oxygens (including phenoxy) is 1. The molecule has 1 N–H and O–H groups in total. The van der Waals surface area contributed by atoms with E-state index in [4.69, 9.17) is 4.74 Å². The van der Waals surface area contributed by atoms with Crippen LogP contribution in [-0.4, -0.2) is 41.0 Å². The monoisotopic (exact) mass is 382 g/mol.